The molecule has 0 radical (unpaired) electrons. The van der Waals surface area contributed by atoms with Gasteiger partial charge in [-0.3, -0.25) is 4.79 Å². The summed E-state index contributed by atoms with van der Waals surface area (Å²) in [5.41, 5.74) is 2.79. The summed E-state index contributed by atoms with van der Waals surface area (Å²) in [7, 11) is 0. The van der Waals surface area contributed by atoms with Crippen molar-refractivity contribution in [2.75, 3.05) is 36.4 Å². The number of hydrogen-bond acceptors (Lipinski definition) is 3. The Labute approximate surface area is 143 Å². The Morgan fingerprint density at radius 3 is 2.29 bits per heavy atom. The van der Waals surface area contributed by atoms with Gasteiger partial charge in [-0.05, 0) is 49.2 Å². The zero-order valence-corrected chi connectivity index (χ0v) is 13.8. The van der Waals surface area contributed by atoms with Crippen LogP contribution < -0.4 is 10.2 Å². The van der Waals surface area contributed by atoms with Crippen molar-refractivity contribution in [2.24, 2.45) is 0 Å². The maximum atomic E-state index is 12.2. The first-order valence-corrected chi connectivity index (χ1v) is 8.75. The molecule has 1 N–H and O–H groups in total. The van der Waals surface area contributed by atoms with E-state index < -0.39 is 0 Å². The van der Waals surface area contributed by atoms with Gasteiger partial charge in [0.2, 0.25) is 0 Å². The van der Waals surface area contributed by atoms with Crippen LogP contribution in [0.4, 0.5) is 11.4 Å². The fraction of sp³-hybridized carbons (Fsp3) is 0.350. The first-order chi connectivity index (χ1) is 11.8. The average Bonchev–Trinajstić information content (AvgIpc) is 2.97. The van der Waals surface area contributed by atoms with Crippen molar-refractivity contribution < 1.29 is 4.79 Å². The molecule has 2 aromatic rings. The number of amides is 1. The molecule has 3 fully saturated rings. The highest BCUT2D eigenvalue weighted by Gasteiger charge is 2.28. The molecule has 0 saturated carbocycles. The molecule has 4 heteroatoms. The molecular weight excluding hydrogens is 298 g/mol. The van der Waals surface area contributed by atoms with Gasteiger partial charge in [0, 0.05) is 49.2 Å². The molecule has 24 heavy (non-hydrogen) atoms. The van der Waals surface area contributed by atoms with E-state index in [1.165, 1.54) is 31.6 Å². The van der Waals surface area contributed by atoms with Gasteiger partial charge in [0.15, 0.2) is 0 Å². The predicted octanol–water partition coefficient (Wildman–Crippen LogP) is 3.22. The fourth-order valence-corrected chi connectivity index (χ4v) is 3.76. The molecule has 0 spiro atoms. The van der Waals surface area contributed by atoms with Gasteiger partial charge >= 0.3 is 0 Å². The molecule has 3 aliphatic rings. The van der Waals surface area contributed by atoms with Gasteiger partial charge < -0.3 is 15.1 Å². The lowest BCUT2D eigenvalue weighted by Crippen LogP contribution is -2.37. The van der Waals surface area contributed by atoms with Crippen molar-refractivity contribution in [2.45, 2.75) is 18.9 Å². The molecule has 1 amide bonds. The first kappa shape index (κ1) is 15.2. The van der Waals surface area contributed by atoms with Crippen LogP contribution in [0.2, 0.25) is 0 Å². The number of rotatable bonds is 3. The van der Waals surface area contributed by atoms with Crippen molar-refractivity contribution in [1.82, 2.24) is 4.90 Å². The van der Waals surface area contributed by atoms with Crippen molar-refractivity contribution in [3.8, 4) is 0 Å². The molecule has 3 aliphatic heterocycles. The van der Waals surface area contributed by atoms with Crippen molar-refractivity contribution in [3.05, 3.63) is 60.2 Å². The monoisotopic (exact) mass is 321 g/mol. The minimum absolute atomic E-state index is 0.0652. The minimum atomic E-state index is -0.0652. The van der Waals surface area contributed by atoms with Crippen molar-refractivity contribution in [3.63, 3.8) is 0 Å². The predicted molar refractivity (Wildman–Crippen MR) is 97.6 cm³/mol. The highest BCUT2D eigenvalue weighted by Crippen LogP contribution is 2.27. The number of carbonyl (C=O) groups is 1. The van der Waals surface area contributed by atoms with E-state index in [1.807, 2.05) is 42.5 Å². The summed E-state index contributed by atoms with van der Waals surface area (Å²) in [6.45, 7) is 4.71. The van der Waals surface area contributed by atoms with Gasteiger partial charge in [-0.1, -0.05) is 18.2 Å². The zero-order chi connectivity index (χ0) is 16.4. The summed E-state index contributed by atoms with van der Waals surface area (Å²) >= 11 is 0. The summed E-state index contributed by atoms with van der Waals surface area (Å²) in [4.78, 5) is 17.3. The highest BCUT2D eigenvalue weighted by molar-refractivity contribution is 6.04. The van der Waals surface area contributed by atoms with Crippen LogP contribution in [0.1, 0.15) is 23.2 Å². The normalized spacial score (nSPS) is 22.9. The lowest BCUT2D eigenvalue weighted by Gasteiger charge is -2.33. The van der Waals surface area contributed by atoms with Gasteiger partial charge in [-0.25, -0.2) is 0 Å². The summed E-state index contributed by atoms with van der Waals surface area (Å²) < 4.78 is 0. The molecular formula is C20H23N3O. The quantitative estimate of drug-likeness (QED) is 0.943. The van der Waals surface area contributed by atoms with Gasteiger partial charge in [0.1, 0.15) is 0 Å². The molecule has 0 unspecified atom stereocenters. The molecule has 124 valence electrons. The van der Waals surface area contributed by atoms with Crippen LogP contribution in [-0.4, -0.2) is 43.0 Å². The second kappa shape index (κ2) is 6.65. The number of anilines is 2. The molecule has 0 atom stereocenters. The Morgan fingerprint density at radius 1 is 0.875 bits per heavy atom. The smallest absolute Gasteiger partial charge is 0.255 e. The average molecular weight is 321 g/mol. The Hall–Kier alpha value is -2.33. The molecule has 0 aromatic heterocycles. The van der Waals surface area contributed by atoms with Crippen LogP contribution in [0.5, 0.6) is 0 Å². The molecule has 3 saturated heterocycles. The van der Waals surface area contributed by atoms with Gasteiger partial charge in [-0.15, -0.1) is 0 Å². The van der Waals surface area contributed by atoms with Crippen LogP contribution in [0, 0.1) is 0 Å². The highest BCUT2D eigenvalue weighted by atomic mass is 16.1. The Morgan fingerprint density at radius 2 is 1.58 bits per heavy atom. The number of nitrogens with zero attached hydrogens (tertiary/aromatic N) is 2. The minimum Gasteiger partial charge on any atom is -0.367 e. The third-order valence-corrected chi connectivity index (χ3v) is 5.15. The standard InChI is InChI=1S/C20H23N3O/c24-20(16-4-2-1-3-5-16)21-17-6-8-18(9-7-17)23-15-14-22-12-10-19(23)11-13-22/h1-9,19H,10-15H2,(H,21,24). The van der Waals surface area contributed by atoms with Gasteiger partial charge in [-0.2, -0.15) is 0 Å². The van der Waals surface area contributed by atoms with Crippen LogP contribution in [0.15, 0.2) is 54.6 Å². The number of benzene rings is 2. The van der Waals surface area contributed by atoms with E-state index in [2.05, 4.69) is 27.2 Å². The lowest BCUT2D eigenvalue weighted by molar-refractivity contribution is 0.102. The summed E-state index contributed by atoms with van der Waals surface area (Å²) in [6, 6.07) is 18.3. The first-order valence-electron chi connectivity index (χ1n) is 8.75. The van der Waals surface area contributed by atoms with E-state index in [9.17, 15) is 4.79 Å². The van der Waals surface area contributed by atoms with E-state index in [-0.39, 0.29) is 5.91 Å². The Balaban J connectivity index is 1.46. The number of nitrogens with one attached hydrogen (secondary N) is 1. The molecule has 4 nitrogen and oxygen atoms in total. The van der Waals surface area contributed by atoms with Crippen LogP contribution in [0.25, 0.3) is 0 Å². The molecule has 2 aromatic carbocycles. The Bertz CT molecular complexity index is 691. The summed E-state index contributed by atoms with van der Waals surface area (Å²) in [6.07, 6.45) is 2.51. The maximum absolute atomic E-state index is 12.2. The molecule has 0 aliphatic carbocycles. The van der Waals surface area contributed by atoms with E-state index in [0.717, 1.165) is 18.8 Å². The number of fused-ring (bicyclic) bond motifs is 4. The van der Waals surface area contributed by atoms with Crippen molar-refractivity contribution in [1.29, 1.82) is 0 Å². The third kappa shape index (κ3) is 3.15. The maximum Gasteiger partial charge on any atom is 0.255 e. The van der Waals surface area contributed by atoms with E-state index in [0.29, 0.717) is 11.6 Å². The second-order valence-corrected chi connectivity index (χ2v) is 6.63. The fourth-order valence-electron chi connectivity index (χ4n) is 3.76. The largest absolute Gasteiger partial charge is 0.367 e. The van der Waals surface area contributed by atoms with Crippen molar-refractivity contribution >= 4 is 17.3 Å². The summed E-state index contributed by atoms with van der Waals surface area (Å²) in [5, 5.41) is 2.97. The zero-order valence-electron chi connectivity index (χ0n) is 13.8. The lowest BCUT2D eigenvalue weighted by atomic mass is 10.0. The van der Waals surface area contributed by atoms with Crippen LogP contribution >= 0.6 is 0 Å². The van der Waals surface area contributed by atoms with Crippen LogP contribution in [0.3, 0.4) is 0 Å². The topological polar surface area (TPSA) is 35.6 Å². The Kier molecular flexibility index (Phi) is 4.22. The van der Waals surface area contributed by atoms with Gasteiger partial charge in [0.05, 0.1) is 0 Å². The number of hydrogen-bond donors (Lipinski definition) is 1. The number of carbonyl (C=O) groups excluding carboxylic acids is 1. The van der Waals surface area contributed by atoms with E-state index >= 15 is 0 Å². The second-order valence-electron chi connectivity index (χ2n) is 6.63. The van der Waals surface area contributed by atoms with Gasteiger partial charge in [0.25, 0.3) is 5.91 Å². The molecule has 3 heterocycles. The molecule has 5 rings (SSSR count). The van der Waals surface area contributed by atoms with E-state index in [1.54, 1.807) is 0 Å². The third-order valence-electron chi connectivity index (χ3n) is 5.15. The summed E-state index contributed by atoms with van der Waals surface area (Å²) in [5.74, 6) is -0.0652. The van der Waals surface area contributed by atoms with Crippen LogP contribution in [-0.2, 0) is 0 Å². The number of piperidine rings is 1. The molecule has 2 bridgehead atoms. The SMILES string of the molecule is O=C(Nc1ccc(N2CCN3CCC2CC3)cc1)c1ccccc1. The van der Waals surface area contributed by atoms with E-state index in [4.69, 9.17) is 0 Å².